The molecule has 4 N–H and O–H groups in total. The van der Waals surface area contributed by atoms with Crippen molar-refractivity contribution in [2.45, 2.75) is 72.5 Å². The molecule has 0 aromatic rings. The number of hydrogen-bond donors (Lipinski definition) is 3. The lowest BCUT2D eigenvalue weighted by Gasteiger charge is -2.33. The molecule has 0 bridgehead atoms. The van der Waals surface area contributed by atoms with E-state index in [0.717, 1.165) is 0 Å². The Labute approximate surface area is 158 Å². The Bertz CT molecular complexity index is 477. The lowest BCUT2D eigenvalue weighted by Crippen LogP contribution is -2.57. The molecular weight excluding hydrogens is 332 g/mol. The fourth-order valence-corrected chi connectivity index (χ4v) is 2.88. The molecule has 0 aliphatic rings. The zero-order chi connectivity index (χ0) is 20.6. The van der Waals surface area contributed by atoms with Crippen molar-refractivity contribution in [2.75, 3.05) is 14.1 Å². The van der Waals surface area contributed by atoms with Gasteiger partial charge in [0.25, 0.3) is 0 Å². The Morgan fingerprint density at radius 2 is 1.46 bits per heavy atom. The van der Waals surface area contributed by atoms with Crippen molar-refractivity contribution in [1.29, 1.82) is 0 Å². The Hall–Kier alpha value is -1.63. The molecule has 0 fully saturated rings. The van der Waals surface area contributed by atoms with Gasteiger partial charge >= 0.3 is 0 Å². The van der Waals surface area contributed by atoms with Crippen LogP contribution in [0.25, 0.3) is 0 Å². The SMILES string of the molecule is CN[C@@H](CC(C)C)C(=O)N[C@H](C(=O)N(C)[C@@H](CC(C)C)C(N)=O)C(C)C. The van der Waals surface area contributed by atoms with E-state index < -0.39 is 18.0 Å². The number of hydrogen-bond acceptors (Lipinski definition) is 4. The number of nitrogens with zero attached hydrogens (tertiary/aromatic N) is 1. The van der Waals surface area contributed by atoms with E-state index in [-0.39, 0.29) is 29.7 Å². The van der Waals surface area contributed by atoms with Crippen LogP contribution in [0.15, 0.2) is 0 Å². The summed E-state index contributed by atoms with van der Waals surface area (Å²) in [6.45, 7) is 11.8. The molecule has 0 aromatic carbocycles. The molecule has 3 atom stereocenters. The first-order valence-corrected chi connectivity index (χ1v) is 9.45. The predicted molar refractivity (Wildman–Crippen MR) is 104 cm³/mol. The summed E-state index contributed by atoms with van der Waals surface area (Å²) in [7, 11) is 3.31. The zero-order valence-electron chi connectivity index (χ0n) is 17.6. The first-order chi connectivity index (χ1) is 11.9. The van der Waals surface area contributed by atoms with Crippen molar-refractivity contribution in [1.82, 2.24) is 15.5 Å². The first kappa shape index (κ1) is 24.4. The van der Waals surface area contributed by atoms with Crippen LogP contribution in [0, 0.1) is 17.8 Å². The van der Waals surface area contributed by atoms with Crippen molar-refractivity contribution >= 4 is 17.7 Å². The second-order valence-electron chi connectivity index (χ2n) is 8.20. The van der Waals surface area contributed by atoms with Gasteiger partial charge in [-0.1, -0.05) is 41.5 Å². The maximum atomic E-state index is 13.0. The van der Waals surface area contributed by atoms with Crippen molar-refractivity contribution in [3.05, 3.63) is 0 Å². The number of likely N-dealkylation sites (N-methyl/N-ethyl adjacent to an activating group) is 2. The van der Waals surface area contributed by atoms with Crippen LogP contribution in [0.3, 0.4) is 0 Å². The number of nitrogens with two attached hydrogens (primary N) is 1. The molecule has 0 heterocycles. The highest BCUT2D eigenvalue weighted by Crippen LogP contribution is 2.14. The molecule has 26 heavy (non-hydrogen) atoms. The van der Waals surface area contributed by atoms with E-state index in [2.05, 4.69) is 10.6 Å². The van der Waals surface area contributed by atoms with E-state index in [1.54, 1.807) is 14.1 Å². The van der Waals surface area contributed by atoms with Gasteiger partial charge in [0, 0.05) is 7.05 Å². The highest BCUT2D eigenvalue weighted by atomic mass is 16.2. The van der Waals surface area contributed by atoms with Crippen LogP contribution in [-0.2, 0) is 14.4 Å². The fourth-order valence-electron chi connectivity index (χ4n) is 2.88. The molecule has 0 saturated carbocycles. The van der Waals surface area contributed by atoms with E-state index >= 15 is 0 Å². The summed E-state index contributed by atoms with van der Waals surface area (Å²) in [5.41, 5.74) is 5.50. The molecule has 0 unspecified atom stereocenters. The third-order valence-corrected chi connectivity index (χ3v) is 4.44. The second-order valence-corrected chi connectivity index (χ2v) is 8.20. The summed E-state index contributed by atoms with van der Waals surface area (Å²) in [5.74, 6) is -0.582. The van der Waals surface area contributed by atoms with Gasteiger partial charge in [-0.3, -0.25) is 14.4 Å². The number of carbonyl (C=O) groups is 3. The quantitative estimate of drug-likeness (QED) is 0.507. The number of carbonyl (C=O) groups excluding carboxylic acids is 3. The summed E-state index contributed by atoms with van der Waals surface area (Å²) in [6.07, 6.45) is 1.16. The fraction of sp³-hybridized carbons (Fsp3) is 0.842. The highest BCUT2D eigenvalue weighted by Gasteiger charge is 2.34. The normalized spacial score (nSPS) is 15.0. The maximum Gasteiger partial charge on any atom is 0.245 e. The second kappa shape index (κ2) is 11.2. The minimum absolute atomic E-state index is 0.113. The number of primary amides is 1. The minimum atomic E-state index is -0.704. The topological polar surface area (TPSA) is 105 Å². The van der Waals surface area contributed by atoms with Crippen LogP contribution in [-0.4, -0.2) is 54.8 Å². The molecule has 0 rings (SSSR count). The maximum absolute atomic E-state index is 13.0. The molecule has 3 amide bonds. The lowest BCUT2D eigenvalue weighted by molar-refractivity contribution is -0.142. The molecule has 0 saturated heterocycles. The van der Waals surface area contributed by atoms with Gasteiger partial charge in [0.15, 0.2) is 0 Å². The van der Waals surface area contributed by atoms with Gasteiger partial charge in [-0.15, -0.1) is 0 Å². The van der Waals surface area contributed by atoms with Gasteiger partial charge in [-0.2, -0.15) is 0 Å². The molecule has 7 nitrogen and oxygen atoms in total. The van der Waals surface area contributed by atoms with E-state index in [1.807, 2.05) is 41.5 Å². The highest BCUT2D eigenvalue weighted by molar-refractivity contribution is 5.92. The molecule has 0 aliphatic carbocycles. The molecule has 0 spiro atoms. The summed E-state index contributed by atoms with van der Waals surface area (Å²) < 4.78 is 0. The van der Waals surface area contributed by atoms with Gasteiger partial charge < -0.3 is 21.3 Å². The van der Waals surface area contributed by atoms with Crippen molar-refractivity contribution in [2.24, 2.45) is 23.5 Å². The first-order valence-electron chi connectivity index (χ1n) is 9.45. The summed E-state index contributed by atoms with van der Waals surface area (Å²) in [5, 5.41) is 5.86. The summed E-state index contributed by atoms with van der Waals surface area (Å²) >= 11 is 0. The predicted octanol–water partition coefficient (Wildman–Crippen LogP) is 1.12. The van der Waals surface area contributed by atoms with Crippen LogP contribution in [0.2, 0.25) is 0 Å². The number of amides is 3. The van der Waals surface area contributed by atoms with Gasteiger partial charge in [-0.25, -0.2) is 0 Å². The largest absolute Gasteiger partial charge is 0.368 e. The Morgan fingerprint density at radius 1 is 0.962 bits per heavy atom. The monoisotopic (exact) mass is 370 g/mol. The Morgan fingerprint density at radius 3 is 1.81 bits per heavy atom. The average molecular weight is 371 g/mol. The number of rotatable bonds is 11. The van der Waals surface area contributed by atoms with E-state index in [1.165, 1.54) is 4.90 Å². The minimum Gasteiger partial charge on any atom is -0.368 e. The molecule has 0 aliphatic heterocycles. The summed E-state index contributed by atoms with van der Waals surface area (Å²) in [4.78, 5) is 38.7. The molecule has 0 aromatic heterocycles. The molecule has 0 radical (unpaired) electrons. The zero-order valence-corrected chi connectivity index (χ0v) is 17.6. The van der Waals surface area contributed by atoms with Gasteiger partial charge in [0.05, 0.1) is 6.04 Å². The van der Waals surface area contributed by atoms with Crippen LogP contribution < -0.4 is 16.4 Å². The van der Waals surface area contributed by atoms with Crippen LogP contribution in [0.1, 0.15) is 54.4 Å². The lowest BCUT2D eigenvalue weighted by atomic mass is 9.97. The Balaban J connectivity index is 5.31. The van der Waals surface area contributed by atoms with Crippen molar-refractivity contribution in [3.63, 3.8) is 0 Å². The van der Waals surface area contributed by atoms with Gasteiger partial charge in [0.1, 0.15) is 12.1 Å². The molecule has 152 valence electrons. The van der Waals surface area contributed by atoms with Crippen molar-refractivity contribution < 1.29 is 14.4 Å². The smallest absolute Gasteiger partial charge is 0.245 e. The van der Waals surface area contributed by atoms with Crippen LogP contribution in [0.4, 0.5) is 0 Å². The molecular formula is C19H38N4O3. The van der Waals surface area contributed by atoms with E-state index in [9.17, 15) is 14.4 Å². The average Bonchev–Trinajstić information content (AvgIpc) is 2.52. The van der Waals surface area contributed by atoms with Crippen LogP contribution >= 0.6 is 0 Å². The van der Waals surface area contributed by atoms with Gasteiger partial charge in [-0.05, 0) is 37.6 Å². The third kappa shape index (κ3) is 7.72. The van der Waals surface area contributed by atoms with Crippen LogP contribution in [0.5, 0.6) is 0 Å². The Kier molecular flexibility index (Phi) is 10.5. The van der Waals surface area contributed by atoms with Crippen molar-refractivity contribution in [3.8, 4) is 0 Å². The summed E-state index contributed by atoms with van der Waals surface area (Å²) in [6, 6.07) is -1.75. The van der Waals surface area contributed by atoms with E-state index in [0.29, 0.717) is 18.8 Å². The molecule has 7 heteroatoms. The standard InChI is InChI=1S/C19H38N4O3/c1-11(2)9-14(21-7)18(25)22-16(13(5)6)19(26)23(8)15(17(20)24)10-12(3)4/h11-16,21H,9-10H2,1-8H3,(H2,20,24)(H,22,25)/t14-,15-,16-/m0/s1. The van der Waals surface area contributed by atoms with E-state index in [4.69, 9.17) is 5.73 Å². The van der Waals surface area contributed by atoms with Gasteiger partial charge in [0.2, 0.25) is 17.7 Å². The number of nitrogens with one attached hydrogen (secondary N) is 2. The third-order valence-electron chi connectivity index (χ3n) is 4.44.